The van der Waals surface area contributed by atoms with Crippen molar-refractivity contribution in [3.63, 3.8) is 0 Å². The molecule has 0 aliphatic carbocycles. The highest BCUT2D eigenvalue weighted by atomic mass is 79.9. The average molecular weight is 401 g/mol. The molecule has 0 unspecified atom stereocenters. The number of amides is 2. The predicted octanol–water partition coefficient (Wildman–Crippen LogP) is 4.26. The highest BCUT2D eigenvalue weighted by molar-refractivity contribution is 9.11. The number of nitrogens with zero attached hydrogens (tertiary/aromatic N) is 1. The van der Waals surface area contributed by atoms with Crippen LogP contribution < -0.4 is 10.1 Å². The van der Waals surface area contributed by atoms with Gasteiger partial charge in [0.2, 0.25) is 0 Å². The molecule has 0 saturated heterocycles. The Morgan fingerprint density at radius 2 is 2.04 bits per heavy atom. The standard InChI is InChI=1S/C16H18BrFN2O2S/c1-20(11-14-7-8-15(17)23-14)16(21)19-9-2-10-22-13-5-3-12(18)4-6-13/h3-8H,2,9-11H2,1H3,(H,19,21). The SMILES string of the molecule is CN(Cc1ccc(Br)s1)C(=O)NCCCOc1ccc(F)cc1. The predicted molar refractivity (Wildman–Crippen MR) is 93.4 cm³/mol. The van der Waals surface area contributed by atoms with Crippen LogP contribution in [0.2, 0.25) is 0 Å². The summed E-state index contributed by atoms with van der Waals surface area (Å²) in [5.74, 6) is 0.337. The number of carbonyl (C=O) groups excluding carboxylic acids is 1. The first-order valence-corrected chi connectivity index (χ1v) is 8.77. The van der Waals surface area contributed by atoms with Gasteiger partial charge >= 0.3 is 6.03 Å². The zero-order valence-electron chi connectivity index (χ0n) is 12.7. The highest BCUT2D eigenvalue weighted by Crippen LogP contribution is 2.22. The van der Waals surface area contributed by atoms with E-state index >= 15 is 0 Å². The molecule has 23 heavy (non-hydrogen) atoms. The Hall–Kier alpha value is -1.60. The fourth-order valence-corrected chi connectivity index (χ4v) is 3.40. The summed E-state index contributed by atoms with van der Waals surface area (Å²) < 4.78 is 19.3. The Labute approximate surface area is 147 Å². The highest BCUT2D eigenvalue weighted by Gasteiger charge is 2.09. The van der Waals surface area contributed by atoms with Crippen molar-refractivity contribution in [2.24, 2.45) is 0 Å². The maximum absolute atomic E-state index is 12.7. The van der Waals surface area contributed by atoms with E-state index in [1.165, 1.54) is 12.1 Å². The Morgan fingerprint density at radius 3 is 2.70 bits per heavy atom. The smallest absolute Gasteiger partial charge is 0.317 e. The molecule has 1 aromatic carbocycles. The Bertz CT molecular complexity index is 633. The van der Waals surface area contributed by atoms with Gasteiger partial charge in [-0.1, -0.05) is 0 Å². The third kappa shape index (κ3) is 6.19. The number of nitrogens with one attached hydrogen (secondary N) is 1. The summed E-state index contributed by atoms with van der Waals surface area (Å²) >= 11 is 5.02. The number of halogens is 2. The third-order valence-corrected chi connectivity index (χ3v) is 4.66. The minimum atomic E-state index is -0.287. The summed E-state index contributed by atoms with van der Waals surface area (Å²) in [5, 5.41) is 2.84. The van der Waals surface area contributed by atoms with Crippen LogP contribution in [0.3, 0.4) is 0 Å². The quantitative estimate of drug-likeness (QED) is 0.705. The number of urea groups is 1. The van der Waals surface area contributed by atoms with Gasteiger partial charge in [0.05, 0.1) is 16.9 Å². The summed E-state index contributed by atoms with van der Waals surface area (Å²) in [6.07, 6.45) is 0.682. The van der Waals surface area contributed by atoms with E-state index in [4.69, 9.17) is 4.74 Å². The van der Waals surface area contributed by atoms with Gasteiger partial charge in [0.15, 0.2) is 0 Å². The molecular formula is C16H18BrFN2O2S. The van der Waals surface area contributed by atoms with Crippen LogP contribution in [0.1, 0.15) is 11.3 Å². The molecule has 2 rings (SSSR count). The van der Waals surface area contributed by atoms with Gasteiger partial charge in [-0.3, -0.25) is 0 Å². The Kier molecular flexibility index (Phi) is 6.85. The maximum atomic E-state index is 12.7. The van der Waals surface area contributed by atoms with Crippen LogP contribution in [-0.4, -0.2) is 31.1 Å². The fraction of sp³-hybridized carbons (Fsp3) is 0.312. The van der Waals surface area contributed by atoms with E-state index < -0.39 is 0 Å². The van der Waals surface area contributed by atoms with Crippen LogP contribution in [0.4, 0.5) is 9.18 Å². The van der Waals surface area contributed by atoms with E-state index in [9.17, 15) is 9.18 Å². The zero-order valence-corrected chi connectivity index (χ0v) is 15.1. The van der Waals surface area contributed by atoms with Gasteiger partial charge < -0.3 is 15.0 Å². The second-order valence-electron chi connectivity index (χ2n) is 4.95. The van der Waals surface area contributed by atoms with Crippen LogP contribution >= 0.6 is 27.3 Å². The van der Waals surface area contributed by atoms with E-state index in [-0.39, 0.29) is 11.8 Å². The molecule has 0 atom stereocenters. The molecule has 0 spiro atoms. The lowest BCUT2D eigenvalue weighted by Crippen LogP contribution is -2.37. The first-order chi connectivity index (χ1) is 11.0. The molecule has 0 fully saturated rings. The van der Waals surface area contributed by atoms with Crippen molar-refractivity contribution in [1.82, 2.24) is 10.2 Å². The lowest BCUT2D eigenvalue weighted by molar-refractivity contribution is 0.206. The molecule has 0 aliphatic rings. The van der Waals surface area contributed by atoms with Gasteiger partial charge in [-0.05, 0) is 58.7 Å². The summed E-state index contributed by atoms with van der Waals surface area (Å²) in [5.41, 5.74) is 0. The van der Waals surface area contributed by atoms with Crippen molar-refractivity contribution < 1.29 is 13.9 Å². The Balaban J connectivity index is 1.61. The number of ether oxygens (including phenoxy) is 1. The van der Waals surface area contributed by atoms with Crippen molar-refractivity contribution >= 4 is 33.3 Å². The number of benzene rings is 1. The topological polar surface area (TPSA) is 41.6 Å². The molecule has 2 amide bonds. The van der Waals surface area contributed by atoms with Crippen LogP contribution in [0.15, 0.2) is 40.2 Å². The summed E-state index contributed by atoms with van der Waals surface area (Å²) in [4.78, 5) is 14.7. The van der Waals surface area contributed by atoms with Crippen LogP contribution in [0.25, 0.3) is 0 Å². The fourth-order valence-electron chi connectivity index (χ4n) is 1.87. The first kappa shape index (κ1) is 17.7. The molecule has 1 heterocycles. The van der Waals surface area contributed by atoms with Crippen molar-refractivity contribution in [2.45, 2.75) is 13.0 Å². The lowest BCUT2D eigenvalue weighted by atomic mass is 10.3. The van der Waals surface area contributed by atoms with E-state index in [2.05, 4.69) is 21.2 Å². The third-order valence-electron chi connectivity index (χ3n) is 3.05. The number of thiophene rings is 1. The molecule has 1 N–H and O–H groups in total. The summed E-state index contributed by atoms with van der Waals surface area (Å²) in [6, 6.07) is 9.73. The van der Waals surface area contributed by atoms with Crippen molar-refractivity contribution in [1.29, 1.82) is 0 Å². The molecule has 4 nitrogen and oxygen atoms in total. The van der Waals surface area contributed by atoms with Gasteiger partial charge in [0.1, 0.15) is 11.6 Å². The van der Waals surface area contributed by atoms with Gasteiger partial charge in [-0.15, -0.1) is 11.3 Å². The molecule has 0 radical (unpaired) electrons. The summed E-state index contributed by atoms with van der Waals surface area (Å²) in [7, 11) is 1.76. The first-order valence-electron chi connectivity index (χ1n) is 7.16. The molecule has 0 aliphatic heterocycles. The number of carbonyl (C=O) groups is 1. The number of hydrogen-bond donors (Lipinski definition) is 1. The minimum Gasteiger partial charge on any atom is -0.494 e. The Morgan fingerprint density at radius 1 is 1.30 bits per heavy atom. The normalized spacial score (nSPS) is 10.4. The second kappa shape index (κ2) is 8.88. The maximum Gasteiger partial charge on any atom is 0.317 e. The zero-order chi connectivity index (χ0) is 16.7. The number of rotatable bonds is 7. The van der Waals surface area contributed by atoms with E-state index in [0.29, 0.717) is 31.9 Å². The van der Waals surface area contributed by atoms with Gasteiger partial charge in [0, 0.05) is 18.5 Å². The largest absolute Gasteiger partial charge is 0.494 e. The molecular weight excluding hydrogens is 383 g/mol. The van der Waals surface area contributed by atoms with E-state index in [1.54, 1.807) is 35.4 Å². The summed E-state index contributed by atoms with van der Waals surface area (Å²) in [6.45, 7) is 1.57. The second-order valence-corrected chi connectivity index (χ2v) is 7.50. The van der Waals surface area contributed by atoms with E-state index in [1.807, 2.05) is 12.1 Å². The average Bonchev–Trinajstić information content (AvgIpc) is 2.93. The molecule has 1 aromatic heterocycles. The lowest BCUT2D eigenvalue weighted by Gasteiger charge is -2.17. The van der Waals surface area contributed by atoms with Crippen LogP contribution in [0.5, 0.6) is 5.75 Å². The van der Waals surface area contributed by atoms with Gasteiger partial charge in [-0.25, -0.2) is 9.18 Å². The molecule has 0 bridgehead atoms. The molecule has 2 aromatic rings. The van der Waals surface area contributed by atoms with Gasteiger partial charge in [-0.2, -0.15) is 0 Å². The molecule has 0 saturated carbocycles. The molecule has 124 valence electrons. The number of hydrogen-bond acceptors (Lipinski definition) is 3. The minimum absolute atomic E-state index is 0.115. The monoisotopic (exact) mass is 400 g/mol. The van der Waals surface area contributed by atoms with Crippen molar-refractivity contribution in [2.75, 3.05) is 20.2 Å². The van der Waals surface area contributed by atoms with Gasteiger partial charge in [0.25, 0.3) is 0 Å². The van der Waals surface area contributed by atoms with Crippen molar-refractivity contribution in [3.05, 3.63) is 50.9 Å². The van der Waals surface area contributed by atoms with E-state index in [0.717, 1.165) is 8.66 Å². The molecule has 7 heteroatoms. The van der Waals surface area contributed by atoms with Crippen molar-refractivity contribution in [3.8, 4) is 5.75 Å². The van der Waals surface area contributed by atoms with Crippen LogP contribution in [-0.2, 0) is 6.54 Å². The van der Waals surface area contributed by atoms with Crippen LogP contribution in [0, 0.1) is 5.82 Å².